The lowest BCUT2D eigenvalue weighted by Crippen LogP contribution is -2.15. The van der Waals surface area contributed by atoms with Crippen LogP contribution in [-0.4, -0.2) is 36.1 Å². The second-order valence-corrected chi connectivity index (χ2v) is 3.94. The second kappa shape index (κ2) is 4.95. The third-order valence-electron chi connectivity index (χ3n) is 2.33. The minimum absolute atomic E-state index is 0.315. The molecule has 5 nitrogen and oxygen atoms in total. The van der Waals surface area contributed by atoms with Gasteiger partial charge in [-0.3, -0.25) is 0 Å². The van der Waals surface area contributed by atoms with Gasteiger partial charge in [-0.2, -0.15) is 15.0 Å². The Bertz CT molecular complexity index is 556. The number of benzene rings is 1. The summed E-state index contributed by atoms with van der Waals surface area (Å²) in [7, 11) is 5.40. The van der Waals surface area contributed by atoms with E-state index in [4.69, 9.17) is 0 Å². The summed E-state index contributed by atoms with van der Waals surface area (Å²) in [5, 5.41) is 2.86. The molecule has 0 unspecified atom stereocenters. The van der Waals surface area contributed by atoms with Crippen molar-refractivity contribution in [3.8, 4) is 11.4 Å². The average Bonchev–Trinajstić information content (AvgIpc) is 2.38. The first kappa shape index (κ1) is 12.2. The first-order valence-corrected chi connectivity index (χ1v) is 5.47. The first-order valence-electron chi connectivity index (χ1n) is 5.47. The van der Waals surface area contributed by atoms with Crippen LogP contribution >= 0.6 is 0 Å². The van der Waals surface area contributed by atoms with Gasteiger partial charge in [0.1, 0.15) is 5.82 Å². The van der Waals surface area contributed by atoms with Crippen LogP contribution in [0.2, 0.25) is 0 Å². The lowest BCUT2D eigenvalue weighted by molar-refractivity contribution is 0.628. The molecule has 0 saturated carbocycles. The normalized spacial score (nSPS) is 10.2. The average molecular weight is 247 g/mol. The van der Waals surface area contributed by atoms with Gasteiger partial charge < -0.3 is 10.2 Å². The summed E-state index contributed by atoms with van der Waals surface area (Å²) in [6.45, 7) is 0. The molecule has 2 aromatic rings. The van der Waals surface area contributed by atoms with Gasteiger partial charge in [-0.25, -0.2) is 4.39 Å². The maximum absolute atomic E-state index is 13.2. The molecule has 0 aliphatic heterocycles. The van der Waals surface area contributed by atoms with Crippen LogP contribution in [0.4, 0.5) is 16.3 Å². The topological polar surface area (TPSA) is 53.9 Å². The third-order valence-corrected chi connectivity index (χ3v) is 2.33. The fourth-order valence-electron chi connectivity index (χ4n) is 1.43. The number of nitrogens with one attached hydrogen (secondary N) is 1. The van der Waals surface area contributed by atoms with Crippen molar-refractivity contribution in [1.82, 2.24) is 15.0 Å². The zero-order valence-corrected chi connectivity index (χ0v) is 10.5. The molecular weight excluding hydrogens is 233 g/mol. The zero-order valence-electron chi connectivity index (χ0n) is 10.5. The van der Waals surface area contributed by atoms with E-state index in [0.29, 0.717) is 23.3 Å². The van der Waals surface area contributed by atoms with Crippen LogP contribution in [0.15, 0.2) is 24.3 Å². The minimum Gasteiger partial charge on any atom is -0.357 e. The van der Waals surface area contributed by atoms with Gasteiger partial charge in [-0.05, 0) is 12.1 Å². The molecule has 94 valence electrons. The van der Waals surface area contributed by atoms with Crippen molar-refractivity contribution in [2.45, 2.75) is 0 Å². The van der Waals surface area contributed by atoms with Gasteiger partial charge in [0.15, 0.2) is 5.82 Å². The summed E-state index contributed by atoms with van der Waals surface area (Å²) in [6, 6.07) is 6.17. The van der Waals surface area contributed by atoms with Crippen molar-refractivity contribution in [2.75, 3.05) is 31.4 Å². The SMILES string of the molecule is CNc1nc(-c2cccc(F)c2)nc(N(C)C)n1. The van der Waals surface area contributed by atoms with Crippen molar-refractivity contribution in [1.29, 1.82) is 0 Å². The molecule has 1 aromatic heterocycles. The molecule has 0 radical (unpaired) electrons. The van der Waals surface area contributed by atoms with E-state index < -0.39 is 0 Å². The van der Waals surface area contributed by atoms with E-state index in [-0.39, 0.29) is 5.82 Å². The Balaban J connectivity index is 2.53. The maximum Gasteiger partial charge on any atom is 0.230 e. The highest BCUT2D eigenvalue weighted by molar-refractivity contribution is 5.58. The number of rotatable bonds is 3. The molecule has 1 N–H and O–H groups in total. The van der Waals surface area contributed by atoms with Gasteiger partial charge in [-0.1, -0.05) is 12.1 Å². The van der Waals surface area contributed by atoms with Crippen LogP contribution in [0.25, 0.3) is 11.4 Å². The van der Waals surface area contributed by atoms with Gasteiger partial charge in [0.05, 0.1) is 0 Å². The predicted molar refractivity (Wildman–Crippen MR) is 69.1 cm³/mol. The molecular formula is C12H14FN5. The van der Waals surface area contributed by atoms with Crippen LogP contribution in [0.1, 0.15) is 0 Å². The third kappa shape index (κ3) is 2.53. The molecule has 0 aliphatic rings. The van der Waals surface area contributed by atoms with Crippen LogP contribution in [0.3, 0.4) is 0 Å². The van der Waals surface area contributed by atoms with E-state index >= 15 is 0 Å². The molecule has 0 aliphatic carbocycles. The summed E-state index contributed by atoms with van der Waals surface area (Å²) in [4.78, 5) is 14.5. The van der Waals surface area contributed by atoms with Crippen LogP contribution < -0.4 is 10.2 Å². The Kier molecular flexibility index (Phi) is 3.36. The molecule has 0 spiro atoms. The van der Waals surface area contributed by atoms with Crippen molar-refractivity contribution in [3.63, 3.8) is 0 Å². The maximum atomic E-state index is 13.2. The summed E-state index contributed by atoms with van der Waals surface area (Å²) >= 11 is 0. The van der Waals surface area contributed by atoms with Crippen LogP contribution in [-0.2, 0) is 0 Å². The molecule has 0 saturated heterocycles. The molecule has 1 aromatic carbocycles. The molecule has 1 heterocycles. The molecule has 0 atom stereocenters. The molecule has 2 rings (SSSR count). The summed E-state index contributed by atoms with van der Waals surface area (Å²) in [5.74, 6) is 1.10. The van der Waals surface area contributed by atoms with Crippen molar-refractivity contribution in [3.05, 3.63) is 30.1 Å². The van der Waals surface area contributed by atoms with E-state index in [1.807, 2.05) is 14.1 Å². The van der Waals surface area contributed by atoms with Gasteiger partial charge in [0.25, 0.3) is 0 Å². The van der Waals surface area contributed by atoms with E-state index in [9.17, 15) is 4.39 Å². The van der Waals surface area contributed by atoms with E-state index in [1.54, 1.807) is 24.1 Å². The quantitative estimate of drug-likeness (QED) is 0.896. The van der Waals surface area contributed by atoms with Crippen molar-refractivity contribution < 1.29 is 4.39 Å². The Morgan fingerprint density at radius 1 is 1.17 bits per heavy atom. The lowest BCUT2D eigenvalue weighted by atomic mass is 10.2. The highest BCUT2D eigenvalue weighted by Gasteiger charge is 2.09. The fraction of sp³-hybridized carbons (Fsp3) is 0.250. The number of aromatic nitrogens is 3. The molecule has 0 amide bonds. The van der Waals surface area contributed by atoms with Crippen molar-refractivity contribution in [2.24, 2.45) is 0 Å². The van der Waals surface area contributed by atoms with Crippen LogP contribution in [0, 0.1) is 5.82 Å². The summed E-state index contributed by atoms with van der Waals surface area (Å²) in [5.41, 5.74) is 0.622. The second-order valence-electron chi connectivity index (χ2n) is 3.94. The first-order chi connectivity index (χ1) is 8.60. The molecule has 6 heteroatoms. The largest absolute Gasteiger partial charge is 0.357 e. The Morgan fingerprint density at radius 3 is 2.56 bits per heavy atom. The lowest BCUT2D eigenvalue weighted by Gasteiger charge is -2.12. The van der Waals surface area contributed by atoms with E-state index in [1.165, 1.54) is 12.1 Å². The van der Waals surface area contributed by atoms with E-state index in [2.05, 4.69) is 20.3 Å². The van der Waals surface area contributed by atoms with Crippen LogP contribution in [0.5, 0.6) is 0 Å². The summed E-state index contributed by atoms with van der Waals surface area (Å²) in [6.07, 6.45) is 0. The highest BCUT2D eigenvalue weighted by atomic mass is 19.1. The number of nitrogens with zero attached hydrogens (tertiary/aromatic N) is 4. The fourth-order valence-corrected chi connectivity index (χ4v) is 1.43. The number of hydrogen-bond acceptors (Lipinski definition) is 5. The predicted octanol–water partition coefficient (Wildman–Crippen LogP) is 1.79. The minimum atomic E-state index is -0.315. The van der Waals surface area contributed by atoms with Gasteiger partial charge >= 0.3 is 0 Å². The monoisotopic (exact) mass is 247 g/mol. The van der Waals surface area contributed by atoms with Crippen molar-refractivity contribution >= 4 is 11.9 Å². The number of anilines is 2. The van der Waals surface area contributed by atoms with E-state index in [0.717, 1.165) is 0 Å². The highest BCUT2D eigenvalue weighted by Crippen LogP contribution is 2.19. The number of hydrogen-bond donors (Lipinski definition) is 1. The molecule has 0 fully saturated rings. The zero-order chi connectivity index (χ0) is 13.1. The smallest absolute Gasteiger partial charge is 0.230 e. The standard InChI is InChI=1S/C12H14FN5/c1-14-11-15-10(16-12(17-11)18(2)3)8-5-4-6-9(13)7-8/h4-7H,1-3H3,(H,14,15,16,17). The summed E-state index contributed by atoms with van der Waals surface area (Å²) < 4.78 is 13.2. The molecule has 18 heavy (non-hydrogen) atoms. The van der Waals surface area contributed by atoms with Gasteiger partial charge in [0.2, 0.25) is 11.9 Å². The molecule has 0 bridgehead atoms. The Morgan fingerprint density at radius 2 is 1.94 bits per heavy atom. The number of halogens is 1. The van der Waals surface area contributed by atoms with Gasteiger partial charge in [0, 0.05) is 26.7 Å². The Hall–Kier alpha value is -2.24. The van der Waals surface area contributed by atoms with Gasteiger partial charge in [-0.15, -0.1) is 0 Å². The Labute approximate surface area is 105 Å².